The average Bonchev–Trinajstić information content (AvgIpc) is 2.14. The number of nitrogen functional groups attached to an aromatic ring is 1. The molecule has 1 fully saturated rings. The molecule has 0 amide bonds. The Hall–Kier alpha value is -1.30. The van der Waals surface area contributed by atoms with Gasteiger partial charge in [0.15, 0.2) is 0 Å². The molecular weight excluding hydrogens is 226 g/mol. The minimum atomic E-state index is -3.24. The zero-order valence-corrected chi connectivity index (χ0v) is 9.94. The van der Waals surface area contributed by atoms with Crippen LogP contribution in [0.15, 0.2) is 18.3 Å². The van der Waals surface area contributed by atoms with E-state index in [0.717, 1.165) is 19.3 Å². The molecule has 0 atom stereocenters. The van der Waals surface area contributed by atoms with Crippen LogP contribution in [0.5, 0.6) is 0 Å². The summed E-state index contributed by atoms with van der Waals surface area (Å²) >= 11 is 0. The summed E-state index contributed by atoms with van der Waals surface area (Å²) in [4.78, 5) is 4.01. The summed E-state index contributed by atoms with van der Waals surface area (Å²) < 4.78 is 25.4. The molecule has 0 unspecified atom stereocenters. The van der Waals surface area contributed by atoms with Crippen LogP contribution in [0.1, 0.15) is 19.3 Å². The van der Waals surface area contributed by atoms with E-state index in [0.29, 0.717) is 11.5 Å². The van der Waals surface area contributed by atoms with Gasteiger partial charge in [0.1, 0.15) is 5.82 Å². The molecule has 0 aromatic carbocycles. The number of nitrogens with zero attached hydrogens (tertiary/aromatic N) is 2. The van der Waals surface area contributed by atoms with Gasteiger partial charge in [-0.15, -0.1) is 0 Å². The van der Waals surface area contributed by atoms with Crippen LogP contribution in [0.3, 0.4) is 0 Å². The summed E-state index contributed by atoms with van der Waals surface area (Å²) in [5.74, 6) is 0.418. The number of nitrogens with two attached hydrogens (primary N) is 1. The lowest BCUT2D eigenvalue weighted by Gasteiger charge is -2.30. The van der Waals surface area contributed by atoms with Gasteiger partial charge in [0.2, 0.25) is 10.0 Å². The van der Waals surface area contributed by atoms with Gasteiger partial charge < -0.3 is 5.73 Å². The number of rotatable bonds is 3. The zero-order valence-electron chi connectivity index (χ0n) is 9.13. The van der Waals surface area contributed by atoms with Crippen LogP contribution in [0.4, 0.5) is 11.5 Å². The number of pyridine rings is 1. The molecule has 0 radical (unpaired) electrons. The van der Waals surface area contributed by atoms with Crippen molar-refractivity contribution in [3.8, 4) is 0 Å². The molecule has 6 heteroatoms. The first-order valence-corrected chi connectivity index (χ1v) is 6.71. The zero-order chi connectivity index (χ0) is 11.8. The first kappa shape index (κ1) is 11.2. The second kappa shape index (κ2) is 3.93. The van der Waals surface area contributed by atoms with Crippen LogP contribution < -0.4 is 10.0 Å². The van der Waals surface area contributed by atoms with Crippen molar-refractivity contribution in [2.24, 2.45) is 0 Å². The monoisotopic (exact) mass is 241 g/mol. The molecule has 0 bridgehead atoms. The summed E-state index contributed by atoms with van der Waals surface area (Å²) in [6, 6.07) is 3.26. The van der Waals surface area contributed by atoms with Gasteiger partial charge in [-0.1, -0.05) is 6.42 Å². The summed E-state index contributed by atoms with van der Waals surface area (Å²) in [5, 5.41) is -0.239. The van der Waals surface area contributed by atoms with E-state index in [2.05, 4.69) is 4.98 Å². The van der Waals surface area contributed by atoms with Crippen LogP contribution in [-0.2, 0) is 10.0 Å². The maximum absolute atomic E-state index is 12.1. The predicted molar refractivity (Wildman–Crippen MR) is 63.6 cm³/mol. The summed E-state index contributed by atoms with van der Waals surface area (Å²) in [6.45, 7) is 0. The van der Waals surface area contributed by atoms with E-state index in [1.54, 1.807) is 12.1 Å². The second-order valence-electron chi connectivity index (χ2n) is 4.02. The molecule has 1 aliphatic carbocycles. The van der Waals surface area contributed by atoms with Gasteiger partial charge in [-0.25, -0.2) is 13.4 Å². The fraction of sp³-hybridized carbons (Fsp3) is 0.500. The SMILES string of the molecule is CN(c1ccc(N)cn1)S(=O)(=O)C1CCC1. The van der Waals surface area contributed by atoms with Crippen molar-refractivity contribution in [2.75, 3.05) is 17.1 Å². The smallest absolute Gasteiger partial charge is 0.238 e. The van der Waals surface area contributed by atoms with Crippen LogP contribution in [0.25, 0.3) is 0 Å². The molecule has 16 heavy (non-hydrogen) atoms. The van der Waals surface area contributed by atoms with Crippen LogP contribution >= 0.6 is 0 Å². The van der Waals surface area contributed by atoms with E-state index in [1.165, 1.54) is 17.5 Å². The highest BCUT2D eigenvalue weighted by Crippen LogP contribution is 2.29. The van der Waals surface area contributed by atoms with Gasteiger partial charge >= 0.3 is 0 Å². The second-order valence-corrected chi connectivity index (χ2v) is 6.26. The number of anilines is 2. The highest BCUT2D eigenvalue weighted by atomic mass is 32.2. The van der Waals surface area contributed by atoms with E-state index in [9.17, 15) is 8.42 Å². The third kappa shape index (κ3) is 1.84. The highest BCUT2D eigenvalue weighted by Gasteiger charge is 2.34. The van der Waals surface area contributed by atoms with E-state index >= 15 is 0 Å². The molecule has 0 aliphatic heterocycles. The molecule has 1 aromatic rings. The Labute approximate surface area is 95.3 Å². The minimum absolute atomic E-state index is 0.239. The van der Waals surface area contributed by atoms with E-state index in [4.69, 9.17) is 5.73 Å². The molecule has 0 spiro atoms. The fourth-order valence-electron chi connectivity index (χ4n) is 1.61. The lowest BCUT2D eigenvalue weighted by molar-refractivity contribution is 0.475. The van der Waals surface area contributed by atoms with Crippen LogP contribution in [-0.4, -0.2) is 25.7 Å². The van der Waals surface area contributed by atoms with Crippen molar-refractivity contribution in [3.05, 3.63) is 18.3 Å². The molecule has 5 nitrogen and oxygen atoms in total. The first-order valence-electron chi connectivity index (χ1n) is 5.21. The van der Waals surface area contributed by atoms with Crippen molar-refractivity contribution in [2.45, 2.75) is 24.5 Å². The standard InChI is InChI=1S/C10H15N3O2S/c1-13(10-6-5-8(11)7-12-10)16(14,15)9-3-2-4-9/h5-7,9H,2-4,11H2,1H3. The fourth-order valence-corrected chi connectivity index (χ4v) is 3.35. The van der Waals surface area contributed by atoms with E-state index < -0.39 is 10.0 Å². The summed E-state index contributed by atoms with van der Waals surface area (Å²) in [5.41, 5.74) is 6.03. The third-order valence-corrected chi connectivity index (χ3v) is 5.21. The van der Waals surface area contributed by atoms with Crippen molar-refractivity contribution in [1.82, 2.24) is 4.98 Å². The van der Waals surface area contributed by atoms with Gasteiger partial charge in [-0.2, -0.15) is 0 Å². The van der Waals surface area contributed by atoms with Crippen molar-refractivity contribution < 1.29 is 8.42 Å². The lowest BCUT2D eigenvalue weighted by Crippen LogP contribution is -2.40. The number of aromatic nitrogens is 1. The molecule has 0 saturated heterocycles. The Morgan fingerprint density at radius 1 is 1.44 bits per heavy atom. The summed E-state index contributed by atoms with van der Waals surface area (Å²) in [7, 11) is -1.70. The first-order chi connectivity index (χ1) is 7.51. The van der Waals surface area contributed by atoms with Gasteiger partial charge in [-0.05, 0) is 25.0 Å². The van der Waals surface area contributed by atoms with Crippen LogP contribution in [0, 0.1) is 0 Å². The molecule has 2 rings (SSSR count). The number of sulfonamides is 1. The Bertz CT molecular complexity index is 465. The Balaban J connectivity index is 2.24. The molecule has 1 aromatic heterocycles. The summed E-state index contributed by atoms with van der Waals surface area (Å²) in [6.07, 6.45) is 3.96. The number of hydrogen-bond donors (Lipinski definition) is 1. The normalized spacial score (nSPS) is 16.8. The number of hydrogen-bond acceptors (Lipinski definition) is 4. The predicted octanol–water partition coefficient (Wildman–Crippen LogP) is 0.982. The topological polar surface area (TPSA) is 76.3 Å². The Morgan fingerprint density at radius 3 is 2.56 bits per heavy atom. The molecule has 1 aliphatic rings. The molecule has 1 heterocycles. The maximum Gasteiger partial charge on any atom is 0.238 e. The maximum atomic E-state index is 12.1. The molecular formula is C10H15N3O2S. The Kier molecular flexibility index (Phi) is 2.75. The molecule has 1 saturated carbocycles. The largest absolute Gasteiger partial charge is 0.397 e. The van der Waals surface area contributed by atoms with Gasteiger partial charge in [0.25, 0.3) is 0 Å². The van der Waals surface area contributed by atoms with Crippen molar-refractivity contribution >= 4 is 21.5 Å². The van der Waals surface area contributed by atoms with Crippen molar-refractivity contribution in [3.63, 3.8) is 0 Å². The minimum Gasteiger partial charge on any atom is -0.397 e. The molecule has 2 N–H and O–H groups in total. The highest BCUT2D eigenvalue weighted by molar-refractivity contribution is 7.93. The van der Waals surface area contributed by atoms with Gasteiger partial charge in [-0.3, -0.25) is 4.31 Å². The Morgan fingerprint density at radius 2 is 2.12 bits per heavy atom. The van der Waals surface area contributed by atoms with E-state index in [-0.39, 0.29) is 5.25 Å². The molecule has 88 valence electrons. The van der Waals surface area contributed by atoms with Gasteiger partial charge in [0.05, 0.1) is 17.1 Å². The third-order valence-electron chi connectivity index (χ3n) is 2.95. The lowest BCUT2D eigenvalue weighted by atomic mass is 10.0. The van der Waals surface area contributed by atoms with Gasteiger partial charge in [0, 0.05) is 7.05 Å². The van der Waals surface area contributed by atoms with Crippen LogP contribution in [0.2, 0.25) is 0 Å². The average molecular weight is 241 g/mol. The quantitative estimate of drug-likeness (QED) is 0.856. The van der Waals surface area contributed by atoms with E-state index in [1.807, 2.05) is 0 Å². The van der Waals surface area contributed by atoms with Crippen molar-refractivity contribution in [1.29, 1.82) is 0 Å².